The van der Waals surface area contributed by atoms with Gasteiger partial charge in [-0.2, -0.15) is 0 Å². The SMILES string of the molecule is CC(=O)N[C@H]1[C@H](O[C@@H]2[C@@H](O[C@H]3[C@H](O)[C@@H](CO)OC(O)[C@H]3O)O[C@H](CO)[C@@H](O[C@@H]3O[C@H](CO)[C@@H](O)[C@H](O)[C@H]3NC(C)=O)[C@@H]2O)O[C@H](CO)[C@@H](O)[C@@H]1O. The quantitative estimate of drug-likeness (QED) is 0.0881. The highest BCUT2D eigenvalue weighted by molar-refractivity contribution is 5.73. The van der Waals surface area contributed by atoms with Crippen molar-refractivity contribution in [2.75, 3.05) is 26.4 Å². The van der Waals surface area contributed by atoms with Gasteiger partial charge in [0.15, 0.2) is 25.2 Å². The molecule has 23 heteroatoms. The first-order valence-corrected chi connectivity index (χ1v) is 16.1. The normalized spacial score (nSPS) is 47.8. The first kappa shape index (κ1) is 41.9. The molecule has 23 nitrogen and oxygen atoms in total. The number of hydrogen-bond donors (Lipinski definition) is 14. The van der Waals surface area contributed by atoms with E-state index in [-0.39, 0.29) is 0 Å². The Bertz CT molecular complexity index is 1140. The molecule has 4 heterocycles. The van der Waals surface area contributed by atoms with Crippen LogP contribution in [0.4, 0.5) is 0 Å². The lowest BCUT2D eigenvalue weighted by Gasteiger charge is -2.50. The Morgan fingerprint density at radius 1 is 0.471 bits per heavy atom. The largest absolute Gasteiger partial charge is 0.394 e. The smallest absolute Gasteiger partial charge is 0.217 e. The molecule has 1 unspecified atom stereocenters. The number of carbonyl (C=O) groups excluding carboxylic acids is 2. The molecule has 0 aromatic heterocycles. The molecule has 4 aliphatic rings. The number of aliphatic hydroxyl groups is 12. The Balaban J connectivity index is 1.72. The van der Waals surface area contributed by atoms with Crippen molar-refractivity contribution in [1.82, 2.24) is 10.6 Å². The fraction of sp³-hybridized carbons (Fsp3) is 0.929. The van der Waals surface area contributed by atoms with Crippen LogP contribution in [-0.4, -0.2) is 222 Å². The number of amides is 2. The van der Waals surface area contributed by atoms with E-state index < -0.39 is 161 Å². The maximum absolute atomic E-state index is 12.0. The lowest BCUT2D eigenvalue weighted by molar-refractivity contribution is -0.393. The molecule has 0 spiro atoms. The summed E-state index contributed by atoms with van der Waals surface area (Å²) in [6.07, 6.45) is -32.3. The van der Waals surface area contributed by atoms with E-state index >= 15 is 0 Å². The Kier molecular flexibility index (Phi) is 14.8. The maximum atomic E-state index is 12.0. The van der Waals surface area contributed by atoms with E-state index in [1.807, 2.05) is 0 Å². The standard InChI is InChI=1S/C28H48N2O21/c1-7(35)29-13-18(40)15(37)9(3-31)46-26(13)49-22-12(6-34)48-28(50-23-17(39)11(5-33)45-25(44)21(23)43)24(20(22)42)51-27-14(30-8(2)36)19(41)16(38)10(4-32)47-27/h9-28,31-34,37-44H,3-6H2,1-2H3,(H,29,35)(H,30,36)/t9-,10-,11-,12-,13-,14-,15-,16-,17-,18-,19-,20+,21+,22-,23+,24+,25?,26+,27+,28-/m1/s1. The Hall–Kier alpha value is -1.82. The fourth-order valence-corrected chi connectivity index (χ4v) is 6.33. The number of ether oxygens (including phenoxy) is 7. The summed E-state index contributed by atoms with van der Waals surface area (Å²) in [6.45, 7) is -1.37. The third kappa shape index (κ3) is 9.11. The van der Waals surface area contributed by atoms with Crippen molar-refractivity contribution < 1.29 is 104 Å². The van der Waals surface area contributed by atoms with Gasteiger partial charge in [-0.25, -0.2) is 0 Å². The van der Waals surface area contributed by atoms with Crippen LogP contribution in [0.25, 0.3) is 0 Å². The van der Waals surface area contributed by atoms with Gasteiger partial charge in [0, 0.05) is 13.8 Å². The molecule has 20 atom stereocenters. The molecule has 296 valence electrons. The minimum atomic E-state index is -2.08. The summed E-state index contributed by atoms with van der Waals surface area (Å²) < 4.78 is 39.7. The molecule has 4 saturated heterocycles. The highest BCUT2D eigenvalue weighted by Gasteiger charge is 2.56. The van der Waals surface area contributed by atoms with Crippen molar-refractivity contribution in [3.05, 3.63) is 0 Å². The van der Waals surface area contributed by atoms with E-state index in [1.54, 1.807) is 0 Å². The Morgan fingerprint density at radius 2 is 0.863 bits per heavy atom. The van der Waals surface area contributed by atoms with Crippen LogP contribution in [0.3, 0.4) is 0 Å². The van der Waals surface area contributed by atoms with E-state index in [0.717, 1.165) is 13.8 Å². The topological polar surface area (TPSA) is 366 Å². The molecule has 0 saturated carbocycles. The highest BCUT2D eigenvalue weighted by Crippen LogP contribution is 2.35. The number of aliphatic hydroxyl groups excluding tert-OH is 12. The van der Waals surface area contributed by atoms with Gasteiger partial charge in [0.05, 0.1) is 26.4 Å². The summed E-state index contributed by atoms with van der Waals surface area (Å²) in [5, 5.41) is 130. The number of rotatable bonds is 12. The van der Waals surface area contributed by atoms with E-state index in [9.17, 15) is 70.9 Å². The zero-order valence-corrected chi connectivity index (χ0v) is 27.4. The molecule has 0 radical (unpaired) electrons. The first-order chi connectivity index (χ1) is 24.1. The summed E-state index contributed by atoms with van der Waals surface area (Å²) in [5.41, 5.74) is 0. The molecule has 4 fully saturated rings. The molecule has 2 amide bonds. The molecule has 0 aliphatic carbocycles. The van der Waals surface area contributed by atoms with E-state index in [1.165, 1.54) is 0 Å². The predicted octanol–water partition coefficient (Wildman–Crippen LogP) is -9.46. The second-order valence-electron chi connectivity index (χ2n) is 12.6. The second-order valence-corrected chi connectivity index (χ2v) is 12.6. The minimum absolute atomic E-state index is 0.714. The van der Waals surface area contributed by atoms with Gasteiger partial charge in [-0.1, -0.05) is 0 Å². The zero-order valence-electron chi connectivity index (χ0n) is 27.4. The van der Waals surface area contributed by atoms with Crippen LogP contribution in [0.1, 0.15) is 13.8 Å². The Labute approximate surface area is 289 Å². The minimum Gasteiger partial charge on any atom is -0.394 e. The molecule has 4 rings (SSSR count). The summed E-state index contributed by atoms with van der Waals surface area (Å²) in [6, 6.07) is -3.12. The summed E-state index contributed by atoms with van der Waals surface area (Å²) >= 11 is 0. The number of carbonyl (C=O) groups is 2. The van der Waals surface area contributed by atoms with Crippen molar-refractivity contribution in [1.29, 1.82) is 0 Å². The van der Waals surface area contributed by atoms with Crippen molar-refractivity contribution in [2.24, 2.45) is 0 Å². The zero-order chi connectivity index (χ0) is 37.9. The van der Waals surface area contributed by atoms with Gasteiger partial charge in [-0.05, 0) is 0 Å². The van der Waals surface area contributed by atoms with Crippen LogP contribution in [0.15, 0.2) is 0 Å². The molecular formula is C28H48N2O21. The van der Waals surface area contributed by atoms with Gasteiger partial charge in [-0.3, -0.25) is 9.59 Å². The van der Waals surface area contributed by atoms with E-state index in [2.05, 4.69) is 10.6 Å². The van der Waals surface area contributed by atoms with Crippen molar-refractivity contribution in [3.63, 3.8) is 0 Å². The van der Waals surface area contributed by atoms with Crippen LogP contribution in [0.2, 0.25) is 0 Å². The van der Waals surface area contributed by atoms with Gasteiger partial charge in [0.25, 0.3) is 0 Å². The second kappa shape index (κ2) is 18.0. The average molecular weight is 749 g/mol. The third-order valence-electron chi connectivity index (χ3n) is 9.01. The molecule has 0 bridgehead atoms. The highest BCUT2D eigenvalue weighted by atomic mass is 16.8. The van der Waals surface area contributed by atoms with Crippen molar-refractivity contribution >= 4 is 11.8 Å². The van der Waals surface area contributed by atoms with Gasteiger partial charge in [0.2, 0.25) is 11.8 Å². The number of nitrogens with one attached hydrogen (secondary N) is 2. The van der Waals surface area contributed by atoms with Gasteiger partial charge in [-0.15, -0.1) is 0 Å². The van der Waals surface area contributed by atoms with Gasteiger partial charge >= 0.3 is 0 Å². The van der Waals surface area contributed by atoms with E-state index in [4.69, 9.17) is 33.2 Å². The summed E-state index contributed by atoms with van der Waals surface area (Å²) in [7, 11) is 0. The maximum Gasteiger partial charge on any atom is 0.217 e. The number of hydrogen-bond acceptors (Lipinski definition) is 21. The van der Waals surface area contributed by atoms with Crippen LogP contribution in [0, 0.1) is 0 Å². The van der Waals surface area contributed by atoms with Crippen molar-refractivity contribution in [2.45, 2.75) is 137 Å². The summed E-state index contributed by atoms with van der Waals surface area (Å²) in [5.74, 6) is -1.45. The average Bonchev–Trinajstić information content (AvgIpc) is 3.09. The van der Waals surface area contributed by atoms with Crippen LogP contribution in [-0.2, 0) is 42.7 Å². The van der Waals surface area contributed by atoms with E-state index in [0.29, 0.717) is 0 Å². The molecule has 0 aromatic carbocycles. The molecular weight excluding hydrogens is 700 g/mol. The monoisotopic (exact) mass is 748 g/mol. The molecule has 14 N–H and O–H groups in total. The molecule has 4 aliphatic heterocycles. The van der Waals surface area contributed by atoms with Crippen molar-refractivity contribution in [3.8, 4) is 0 Å². The lowest BCUT2D eigenvalue weighted by Crippen LogP contribution is -2.70. The third-order valence-corrected chi connectivity index (χ3v) is 9.01. The Morgan fingerprint density at radius 3 is 1.29 bits per heavy atom. The van der Waals surface area contributed by atoms with Crippen LogP contribution < -0.4 is 10.6 Å². The fourth-order valence-electron chi connectivity index (χ4n) is 6.33. The lowest BCUT2D eigenvalue weighted by atomic mass is 9.94. The first-order valence-electron chi connectivity index (χ1n) is 16.1. The molecule has 51 heavy (non-hydrogen) atoms. The van der Waals surface area contributed by atoms with Crippen LogP contribution >= 0.6 is 0 Å². The molecule has 0 aromatic rings. The summed E-state index contributed by atoms with van der Waals surface area (Å²) in [4.78, 5) is 24.0. The van der Waals surface area contributed by atoms with Gasteiger partial charge < -0.3 is 105 Å². The van der Waals surface area contributed by atoms with Crippen LogP contribution in [0.5, 0.6) is 0 Å². The predicted molar refractivity (Wildman–Crippen MR) is 157 cm³/mol. The van der Waals surface area contributed by atoms with Gasteiger partial charge in [0.1, 0.15) is 97.5 Å².